The molecular weight excluding hydrogens is 340 g/mol. The summed E-state index contributed by atoms with van der Waals surface area (Å²) in [4.78, 5) is -0.260. The Morgan fingerprint density at radius 1 is 0.920 bits per heavy atom. The van der Waals surface area contributed by atoms with Gasteiger partial charge in [-0.05, 0) is 54.3 Å². The van der Waals surface area contributed by atoms with Gasteiger partial charge >= 0.3 is 0 Å². The highest BCUT2D eigenvalue weighted by Gasteiger charge is 2.03. The van der Waals surface area contributed by atoms with E-state index in [9.17, 15) is 13.0 Å². The zero-order valence-corrected chi connectivity index (χ0v) is 15.3. The molecule has 0 bridgehead atoms. The van der Waals surface area contributed by atoms with Crippen molar-refractivity contribution in [2.75, 3.05) is 13.2 Å². The van der Waals surface area contributed by atoms with Gasteiger partial charge in [-0.2, -0.15) is 0 Å². The zero-order valence-electron chi connectivity index (χ0n) is 14.5. The topological polar surface area (TPSA) is 75.7 Å². The molecule has 0 N–H and O–H groups in total. The summed E-state index contributed by atoms with van der Waals surface area (Å²) >= 11 is 0. The molecule has 0 radical (unpaired) electrons. The fourth-order valence-corrected chi connectivity index (χ4v) is 2.74. The van der Waals surface area contributed by atoms with E-state index in [4.69, 9.17) is 9.47 Å². The van der Waals surface area contributed by atoms with Crippen LogP contribution in [0.3, 0.4) is 0 Å². The molecule has 6 heteroatoms. The van der Waals surface area contributed by atoms with Gasteiger partial charge in [0.05, 0.1) is 18.1 Å². The smallest absolute Gasteiger partial charge is 0.124 e. The summed E-state index contributed by atoms with van der Waals surface area (Å²) < 4.78 is 43.7. The molecule has 0 aliphatic heterocycles. The average Bonchev–Trinajstić information content (AvgIpc) is 2.61. The van der Waals surface area contributed by atoms with Gasteiger partial charge in [0, 0.05) is 6.42 Å². The van der Waals surface area contributed by atoms with E-state index in [1.165, 1.54) is 29.8 Å². The maximum Gasteiger partial charge on any atom is 0.124 e. The van der Waals surface area contributed by atoms with Crippen molar-refractivity contribution in [1.82, 2.24) is 0 Å². The van der Waals surface area contributed by atoms with Gasteiger partial charge in [-0.1, -0.05) is 26.0 Å². The van der Waals surface area contributed by atoms with Gasteiger partial charge < -0.3 is 14.0 Å². The molecular formula is C19H23O5S-. The van der Waals surface area contributed by atoms with E-state index in [2.05, 4.69) is 26.0 Å². The predicted octanol–water partition coefficient (Wildman–Crippen LogP) is 3.95. The molecule has 2 aromatic rings. The van der Waals surface area contributed by atoms with Crippen LogP contribution in [0.2, 0.25) is 0 Å². The minimum absolute atomic E-state index is 0.260. The first-order chi connectivity index (χ1) is 11.9. The van der Waals surface area contributed by atoms with Crippen LogP contribution in [0.1, 0.15) is 38.2 Å². The van der Waals surface area contributed by atoms with Gasteiger partial charge in [-0.25, -0.2) is 8.42 Å². The van der Waals surface area contributed by atoms with Gasteiger partial charge in [0.25, 0.3) is 0 Å². The molecule has 136 valence electrons. The summed E-state index contributed by atoms with van der Waals surface area (Å²) in [6.07, 6.45) is 1.80. The van der Waals surface area contributed by atoms with Crippen molar-refractivity contribution < 1.29 is 22.4 Å². The average molecular weight is 363 g/mol. The molecule has 0 aliphatic carbocycles. The first-order valence-corrected chi connectivity index (χ1v) is 9.72. The molecule has 0 aliphatic rings. The lowest BCUT2D eigenvalue weighted by molar-refractivity contribution is 0.247. The summed E-state index contributed by atoms with van der Waals surface area (Å²) in [7, 11) is -4.42. The molecule has 0 heterocycles. The maximum absolute atomic E-state index is 10.8. The highest BCUT2D eigenvalue weighted by atomic mass is 32.2. The molecule has 2 rings (SSSR count). The van der Waals surface area contributed by atoms with E-state index in [0.717, 1.165) is 12.2 Å². The van der Waals surface area contributed by atoms with Gasteiger partial charge in [0.1, 0.15) is 21.6 Å². The summed E-state index contributed by atoms with van der Waals surface area (Å²) in [5.41, 5.74) is 1.31. The van der Waals surface area contributed by atoms with Crippen LogP contribution in [0.25, 0.3) is 0 Å². The van der Waals surface area contributed by atoms with E-state index >= 15 is 0 Å². The SMILES string of the molecule is CCC(C)c1ccc(OCCCOc2ccc(S(=O)(=O)[O-])cc2)cc1. The first kappa shape index (κ1) is 19.3. The quantitative estimate of drug-likeness (QED) is 0.498. The lowest BCUT2D eigenvalue weighted by Crippen LogP contribution is -2.05. The van der Waals surface area contributed by atoms with Crippen molar-refractivity contribution >= 4 is 10.1 Å². The van der Waals surface area contributed by atoms with Crippen LogP contribution in [0.5, 0.6) is 11.5 Å². The Morgan fingerprint density at radius 3 is 1.84 bits per heavy atom. The minimum Gasteiger partial charge on any atom is -0.744 e. The molecule has 25 heavy (non-hydrogen) atoms. The Kier molecular flexibility index (Phi) is 6.84. The molecule has 1 atom stereocenters. The molecule has 0 saturated heterocycles. The number of hydrogen-bond acceptors (Lipinski definition) is 5. The Morgan fingerprint density at radius 2 is 1.40 bits per heavy atom. The van der Waals surface area contributed by atoms with Crippen LogP contribution < -0.4 is 9.47 Å². The van der Waals surface area contributed by atoms with Gasteiger partial charge in [-0.3, -0.25) is 0 Å². The first-order valence-electron chi connectivity index (χ1n) is 8.31. The molecule has 1 unspecified atom stereocenters. The second-order valence-electron chi connectivity index (χ2n) is 5.85. The van der Waals surface area contributed by atoms with Crippen molar-refractivity contribution in [3.05, 3.63) is 54.1 Å². The third-order valence-corrected chi connectivity index (χ3v) is 4.85. The van der Waals surface area contributed by atoms with Crippen LogP contribution in [-0.4, -0.2) is 26.2 Å². The van der Waals surface area contributed by atoms with E-state index < -0.39 is 10.1 Å². The lowest BCUT2D eigenvalue weighted by atomic mass is 9.99. The number of benzene rings is 2. The Balaban J connectivity index is 1.71. The summed E-state index contributed by atoms with van der Waals surface area (Å²) in [5, 5.41) is 0. The number of ether oxygens (including phenoxy) is 2. The Bertz CT molecular complexity index is 751. The van der Waals surface area contributed by atoms with Crippen LogP contribution in [0.4, 0.5) is 0 Å². The third kappa shape index (κ3) is 6.07. The largest absolute Gasteiger partial charge is 0.744 e. The molecule has 5 nitrogen and oxygen atoms in total. The van der Waals surface area contributed by atoms with Crippen molar-refractivity contribution in [2.24, 2.45) is 0 Å². The molecule has 0 saturated carbocycles. The second kappa shape index (κ2) is 8.87. The fraction of sp³-hybridized carbons (Fsp3) is 0.368. The summed E-state index contributed by atoms with van der Waals surface area (Å²) in [6.45, 7) is 5.33. The summed E-state index contributed by atoms with van der Waals surface area (Å²) in [5.74, 6) is 1.90. The normalized spacial score (nSPS) is 12.6. The van der Waals surface area contributed by atoms with Crippen molar-refractivity contribution in [1.29, 1.82) is 0 Å². The standard InChI is InChI=1S/C19H24O5S/c1-3-15(2)16-5-7-17(8-6-16)23-13-4-14-24-18-9-11-19(12-10-18)25(20,21)22/h5-12,15H,3-4,13-14H2,1-2H3,(H,20,21,22)/p-1. The van der Waals surface area contributed by atoms with Crippen LogP contribution in [-0.2, 0) is 10.1 Å². The minimum atomic E-state index is -4.42. The monoisotopic (exact) mass is 363 g/mol. The zero-order chi connectivity index (χ0) is 18.3. The van der Waals surface area contributed by atoms with Crippen LogP contribution >= 0.6 is 0 Å². The molecule has 0 spiro atoms. The van der Waals surface area contributed by atoms with Gasteiger partial charge in [0.2, 0.25) is 0 Å². The fourth-order valence-electron chi connectivity index (χ4n) is 2.27. The van der Waals surface area contributed by atoms with Crippen molar-refractivity contribution in [3.63, 3.8) is 0 Å². The van der Waals surface area contributed by atoms with Gasteiger partial charge in [-0.15, -0.1) is 0 Å². The lowest BCUT2D eigenvalue weighted by Gasteiger charge is -2.11. The van der Waals surface area contributed by atoms with Crippen molar-refractivity contribution in [3.8, 4) is 11.5 Å². The van der Waals surface area contributed by atoms with E-state index in [1.807, 2.05) is 12.1 Å². The Hall–Kier alpha value is -2.05. The highest BCUT2D eigenvalue weighted by molar-refractivity contribution is 7.85. The van der Waals surface area contributed by atoms with Crippen LogP contribution in [0.15, 0.2) is 53.4 Å². The molecule has 0 fully saturated rings. The Labute approximate surface area is 149 Å². The van der Waals surface area contributed by atoms with E-state index in [-0.39, 0.29) is 4.90 Å². The molecule has 2 aromatic carbocycles. The third-order valence-electron chi connectivity index (χ3n) is 4.00. The van der Waals surface area contributed by atoms with E-state index in [1.54, 1.807) is 0 Å². The molecule has 0 amide bonds. The summed E-state index contributed by atoms with van der Waals surface area (Å²) in [6, 6.07) is 13.6. The maximum atomic E-state index is 10.8. The van der Waals surface area contributed by atoms with Crippen LogP contribution in [0, 0.1) is 0 Å². The number of rotatable bonds is 9. The van der Waals surface area contributed by atoms with Gasteiger partial charge in [0.15, 0.2) is 0 Å². The predicted molar refractivity (Wildman–Crippen MR) is 95.2 cm³/mol. The second-order valence-corrected chi connectivity index (χ2v) is 7.23. The number of hydrogen-bond donors (Lipinski definition) is 0. The van der Waals surface area contributed by atoms with E-state index in [0.29, 0.717) is 31.3 Å². The highest BCUT2D eigenvalue weighted by Crippen LogP contribution is 2.21. The molecule has 0 aromatic heterocycles. The van der Waals surface area contributed by atoms with Crippen molar-refractivity contribution in [2.45, 2.75) is 37.5 Å².